The summed E-state index contributed by atoms with van der Waals surface area (Å²) in [6.07, 6.45) is 4.38. The summed E-state index contributed by atoms with van der Waals surface area (Å²) in [6.45, 7) is 11.3. The van der Waals surface area contributed by atoms with E-state index in [1.54, 1.807) is 7.11 Å². The quantitative estimate of drug-likeness (QED) is 0.358. The van der Waals surface area contributed by atoms with Crippen molar-refractivity contribution in [3.63, 3.8) is 0 Å². The molecule has 0 amide bonds. The van der Waals surface area contributed by atoms with Crippen molar-refractivity contribution in [1.82, 2.24) is 15.5 Å². The van der Waals surface area contributed by atoms with E-state index < -0.39 is 0 Å². The fourth-order valence-electron chi connectivity index (χ4n) is 4.32. The van der Waals surface area contributed by atoms with Crippen LogP contribution in [0.2, 0.25) is 0 Å². The molecule has 1 heterocycles. The summed E-state index contributed by atoms with van der Waals surface area (Å²) < 4.78 is 5.66. The molecule has 1 aliphatic rings. The number of guanidine groups is 1. The van der Waals surface area contributed by atoms with Gasteiger partial charge < -0.3 is 20.5 Å². The predicted molar refractivity (Wildman–Crippen MR) is 125 cm³/mol. The molecule has 6 nitrogen and oxygen atoms in total. The highest BCUT2D eigenvalue weighted by Gasteiger charge is 2.26. The van der Waals surface area contributed by atoms with Gasteiger partial charge in [0.1, 0.15) is 5.75 Å². The number of aliphatic imine (C=N–C) groups is 1. The van der Waals surface area contributed by atoms with Gasteiger partial charge in [0.15, 0.2) is 5.96 Å². The van der Waals surface area contributed by atoms with Crippen molar-refractivity contribution in [3.8, 4) is 5.75 Å². The summed E-state index contributed by atoms with van der Waals surface area (Å²) in [5, 5.41) is 16.4. The molecule has 170 valence electrons. The van der Waals surface area contributed by atoms with Crippen LogP contribution < -0.4 is 15.4 Å². The topological polar surface area (TPSA) is 69.1 Å². The van der Waals surface area contributed by atoms with Crippen LogP contribution in [0, 0.1) is 11.8 Å². The van der Waals surface area contributed by atoms with E-state index in [4.69, 9.17) is 9.73 Å². The standard InChI is InChI=1S/C24H42N4O2/c1-5-25-24(26-17-20(12-15-29)16-19(2)3)27-18-22(28-13-8-9-14-28)21-10-6-7-11-23(21)30-4/h6-7,10-11,19-20,22,29H,5,8-9,12-18H2,1-4H3,(H2,25,26,27). The molecule has 1 saturated heterocycles. The monoisotopic (exact) mass is 418 g/mol. The third-order valence-corrected chi connectivity index (χ3v) is 5.74. The van der Waals surface area contributed by atoms with Gasteiger partial charge in [-0.15, -0.1) is 0 Å². The van der Waals surface area contributed by atoms with E-state index in [0.29, 0.717) is 11.8 Å². The lowest BCUT2D eigenvalue weighted by Gasteiger charge is -2.30. The first-order valence-electron chi connectivity index (χ1n) is 11.6. The molecule has 1 aliphatic heterocycles. The minimum atomic E-state index is 0.224. The van der Waals surface area contributed by atoms with Gasteiger partial charge in [-0.3, -0.25) is 9.89 Å². The summed E-state index contributed by atoms with van der Waals surface area (Å²) in [6, 6.07) is 8.58. The molecule has 2 rings (SSSR count). The Labute approximate surface area is 183 Å². The molecule has 30 heavy (non-hydrogen) atoms. The molecule has 3 N–H and O–H groups in total. The van der Waals surface area contributed by atoms with Gasteiger partial charge in [0, 0.05) is 31.8 Å². The van der Waals surface area contributed by atoms with Crippen LogP contribution in [0.3, 0.4) is 0 Å². The molecule has 0 spiro atoms. The molecule has 0 bridgehead atoms. The van der Waals surface area contributed by atoms with E-state index in [0.717, 1.165) is 57.3 Å². The van der Waals surface area contributed by atoms with Crippen molar-refractivity contribution < 1.29 is 9.84 Å². The van der Waals surface area contributed by atoms with E-state index >= 15 is 0 Å². The second kappa shape index (κ2) is 13.5. The lowest BCUT2D eigenvalue weighted by Crippen LogP contribution is -2.43. The fourth-order valence-corrected chi connectivity index (χ4v) is 4.32. The average molecular weight is 419 g/mol. The number of nitrogens with one attached hydrogen (secondary N) is 2. The second-order valence-electron chi connectivity index (χ2n) is 8.61. The average Bonchev–Trinajstić information content (AvgIpc) is 3.26. The van der Waals surface area contributed by atoms with Crippen LogP contribution in [0.25, 0.3) is 0 Å². The third kappa shape index (κ3) is 7.80. The normalized spacial score (nSPS) is 17.2. The van der Waals surface area contributed by atoms with Gasteiger partial charge >= 0.3 is 0 Å². The molecule has 1 fully saturated rings. The van der Waals surface area contributed by atoms with Crippen molar-refractivity contribution in [3.05, 3.63) is 29.8 Å². The molecule has 0 saturated carbocycles. The maximum absolute atomic E-state index is 9.39. The molecule has 6 heteroatoms. The molecule has 2 atom stereocenters. The van der Waals surface area contributed by atoms with Gasteiger partial charge in [-0.1, -0.05) is 32.0 Å². The van der Waals surface area contributed by atoms with Gasteiger partial charge in [-0.2, -0.15) is 0 Å². The Morgan fingerprint density at radius 2 is 1.93 bits per heavy atom. The highest BCUT2D eigenvalue weighted by atomic mass is 16.5. The van der Waals surface area contributed by atoms with Gasteiger partial charge in [-0.05, 0) is 63.6 Å². The summed E-state index contributed by atoms with van der Waals surface area (Å²) in [7, 11) is 1.74. The first-order chi connectivity index (χ1) is 14.6. The summed E-state index contributed by atoms with van der Waals surface area (Å²) >= 11 is 0. The first-order valence-corrected chi connectivity index (χ1v) is 11.6. The molecular formula is C24H42N4O2. The molecule has 0 aromatic heterocycles. The van der Waals surface area contributed by atoms with Crippen molar-refractivity contribution >= 4 is 5.96 Å². The Bertz CT molecular complexity index is 629. The number of aliphatic hydroxyl groups excluding tert-OH is 1. The van der Waals surface area contributed by atoms with Gasteiger partial charge in [-0.25, -0.2) is 0 Å². The number of ether oxygens (including phenoxy) is 1. The van der Waals surface area contributed by atoms with Crippen LogP contribution in [-0.2, 0) is 0 Å². The Balaban J connectivity index is 2.11. The molecular weight excluding hydrogens is 376 g/mol. The van der Waals surface area contributed by atoms with E-state index in [1.165, 1.54) is 18.4 Å². The van der Waals surface area contributed by atoms with Gasteiger partial charge in [0.25, 0.3) is 0 Å². The SMILES string of the molecule is CCNC(=NCC(CCO)CC(C)C)NCC(c1ccccc1OC)N1CCCC1. The van der Waals surface area contributed by atoms with Crippen LogP contribution in [0.1, 0.15) is 58.1 Å². The zero-order valence-electron chi connectivity index (χ0n) is 19.4. The number of aliphatic hydroxyl groups is 1. The largest absolute Gasteiger partial charge is 0.496 e. The van der Waals surface area contributed by atoms with E-state index in [1.807, 2.05) is 12.1 Å². The van der Waals surface area contributed by atoms with Crippen LogP contribution in [0.4, 0.5) is 0 Å². The number of likely N-dealkylation sites (tertiary alicyclic amines) is 1. The summed E-state index contributed by atoms with van der Waals surface area (Å²) in [5.74, 6) is 2.81. The smallest absolute Gasteiger partial charge is 0.191 e. The lowest BCUT2D eigenvalue weighted by atomic mass is 9.94. The number of nitrogens with zero attached hydrogens (tertiary/aromatic N) is 2. The highest BCUT2D eigenvalue weighted by Crippen LogP contribution is 2.31. The zero-order chi connectivity index (χ0) is 21.8. The third-order valence-electron chi connectivity index (χ3n) is 5.74. The zero-order valence-corrected chi connectivity index (χ0v) is 19.4. The van der Waals surface area contributed by atoms with E-state index in [9.17, 15) is 5.11 Å². The number of methoxy groups -OCH3 is 1. The molecule has 1 aromatic rings. The summed E-state index contributed by atoms with van der Waals surface area (Å²) in [4.78, 5) is 7.40. The van der Waals surface area contributed by atoms with Gasteiger partial charge in [0.2, 0.25) is 0 Å². The fraction of sp³-hybridized carbons (Fsp3) is 0.708. The Morgan fingerprint density at radius 1 is 1.20 bits per heavy atom. The molecule has 1 aromatic carbocycles. The molecule has 0 radical (unpaired) electrons. The number of hydrogen-bond donors (Lipinski definition) is 3. The number of benzene rings is 1. The maximum atomic E-state index is 9.39. The van der Waals surface area contributed by atoms with Crippen molar-refractivity contribution in [2.75, 3.05) is 46.4 Å². The lowest BCUT2D eigenvalue weighted by molar-refractivity contribution is 0.239. The summed E-state index contributed by atoms with van der Waals surface area (Å²) in [5.41, 5.74) is 1.23. The number of rotatable bonds is 12. The minimum absolute atomic E-state index is 0.224. The van der Waals surface area contributed by atoms with E-state index in [-0.39, 0.29) is 12.6 Å². The van der Waals surface area contributed by atoms with Crippen LogP contribution in [-0.4, -0.2) is 62.4 Å². The second-order valence-corrected chi connectivity index (χ2v) is 8.61. The minimum Gasteiger partial charge on any atom is -0.496 e. The van der Waals surface area contributed by atoms with Crippen LogP contribution in [0.15, 0.2) is 29.3 Å². The Hall–Kier alpha value is -1.79. The molecule has 0 aliphatic carbocycles. The number of para-hydroxylation sites is 1. The Morgan fingerprint density at radius 3 is 2.57 bits per heavy atom. The van der Waals surface area contributed by atoms with Gasteiger partial charge in [0.05, 0.1) is 13.2 Å². The first kappa shape index (κ1) is 24.5. The Kier molecular flexibility index (Phi) is 11.0. The van der Waals surface area contributed by atoms with E-state index in [2.05, 4.69) is 48.4 Å². The van der Waals surface area contributed by atoms with Crippen LogP contribution in [0.5, 0.6) is 5.75 Å². The number of hydrogen-bond acceptors (Lipinski definition) is 4. The highest BCUT2D eigenvalue weighted by molar-refractivity contribution is 5.79. The van der Waals surface area contributed by atoms with Crippen molar-refractivity contribution in [2.24, 2.45) is 16.8 Å². The van der Waals surface area contributed by atoms with Crippen LogP contribution >= 0.6 is 0 Å². The predicted octanol–water partition coefficient (Wildman–Crippen LogP) is 3.43. The molecule has 2 unspecified atom stereocenters. The maximum Gasteiger partial charge on any atom is 0.191 e. The van der Waals surface area contributed by atoms with Crippen molar-refractivity contribution in [1.29, 1.82) is 0 Å². The van der Waals surface area contributed by atoms with Crippen molar-refractivity contribution in [2.45, 2.75) is 52.5 Å².